The second kappa shape index (κ2) is 4.96. The summed E-state index contributed by atoms with van der Waals surface area (Å²) in [7, 11) is 0. The standard InChI is InChI=1S/C11H19N3/c1-4-14(5-2)11-9(3)6-10(7-12)8-13-11/h6,8H,4-5,7,12H2,1-3H3. The molecule has 0 saturated heterocycles. The molecule has 2 N–H and O–H groups in total. The lowest BCUT2D eigenvalue weighted by Gasteiger charge is -2.21. The number of aromatic nitrogens is 1. The molecule has 0 unspecified atom stereocenters. The predicted molar refractivity (Wildman–Crippen MR) is 60.4 cm³/mol. The van der Waals surface area contributed by atoms with Crippen molar-refractivity contribution in [3.05, 3.63) is 23.4 Å². The number of pyridine rings is 1. The first-order chi connectivity index (χ1) is 6.72. The van der Waals surface area contributed by atoms with Crippen LogP contribution in [-0.4, -0.2) is 18.1 Å². The highest BCUT2D eigenvalue weighted by Crippen LogP contribution is 2.17. The van der Waals surface area contributed by atoms with Gasteiger partial charge in [0.2, 0.25) is 0 Å². The van der Waals surface area contributed by atoms with Gasteiger partial charge in [-0.1, -0.05) is 0 Å². The highest BCUT2D eigenvalue weighted by molar-refractivity contribution is 5.47. The summed E-state index contributed by atoms with van der Waals surface area (Å²) in [6.45, 7) is 8.91. The average molecular weight is 193 g/mol. The Labute approximate surface area is 85.9 Å². The fourth-order valence-electron chi connectivity index (χ4n) is 1.59. The first-order valence-electron chi connectivity index (χ1n) is 5.13. The third kappa shape index (κ3) is 2.23. The average Bonchev–Trinajstić information content (AvgIpc) is 2.22. The Morgan fingerprint density at radius 3 is 2.43 bits per heavy atom. The van der Waals surface area contributed by atoms with Crippen LogP contribution in [-0.2, 0) is 6.54 Å². The van der Waals surface area contributed by atoms with Crippen molar-refractivity contribution in [2.24, 2.45) is 5.73 Å². The van der Waals surface area contributed by atoms with Gasteiger partial charge in [-0.25, -0.2) is 4.98 Å². The maximum Gasteiger partial charge on any atom is 0.131 e. The number of nitrogens with two attached hydrogens (primary N) is 1. The Hall–Kier alpha value is -1.09. The van der Waals surface area contributed by atoms with Gasteiger partial charge >= 0.3 is 0 Å². The second-order valence-electron chi connectivity index (χ2n) is 3.36. The van der Waals surface area contributed by atoms with Crippen molar-refractivity contribution in [2.45, 2.75) is 27.3 Å². The minimum atomic E-state index is 0.562. The summed E-state index contributed by atoms with van der Waals surface area (Å²) in [5.41, 5.74) is 7.86. The molecule has 0 aliphatic heterocycles. The lowest BCUT2D eigenvalue weighted by Crippen LogP contribution is -2.24. The first kappa shape index (κ1) is 11.0. The van der Waals surface area contributed by atoms with Gasteiger partial charge in [-0.2, -0.15) is 0 Å². The zero-order valence-electron chi connectivity index (χ0n) is 9.25. The number of hydrogen-bond donors (Lipinski definition) is 1. The molecule has 0 fully saturated rings. The molecular formula is C11H19N3. The Morgan fingerprint density at radius 2 is 2.00 bits per heavy atom. The van der Waals surface area contributed by atoms with Gasteiger partial charge in [0, 0.05) is 25.8 Å². The molecule has 1 aromatic heterocycles. The SMILES string of the molecule is CCN(CC)c1ncc(CN)cc1C. The van der Waals surface area contributed by atoms with Crippen molar-refractivity contribution in [3.8, 4) is 0 Å². The highest BCUT2D eigenvalue weighted by Gasteiger charge is 2.06. The largest absolute Gasteiger partial charge is 0.357 e. The van der Waals surface area contributed by atoms with Crippen LogP contribution in [0.3, 0.4) is 0 Å². The van der Waals surface area contributed by atoms with Gasteiger partial charge in [-0.05, 0) is 38.0 Å². The third-order valence-electron chi connectivity index (χ3n) is 2.41. The van der Waals surface area contributed by atoms with Crippen molar-refractivity contribution in [3.63, 3.8) is 0 Å². The molecule has 0 aliphatic rings. The molecule has 1 aromatic rings. The number of aryl methyl sites for hydroxylation is 1. The van der Waals surface area contributed by atoms with E-state index in [2.05, 4.69) is 36.7 Å². The second-order valence-corrected chi connectivity index (χ2v) is 3.36. The van der Waals surface area contributed by atoms with Crippen LogP contribution in [0.5, 0.6) is 0 Å². The summed E-state index contributed by atoms with van der Waals surface area (Å²) < 4.78 is 0. The monoisotopic (exact) mass is 193 g/mol. The minimum absolute atomic E-state index is 0.562. The van der Waals surface area contributed by atoms with Gasteiger partial charge < -0.3 is 10.6 Å². The molecule has 1 heterocycles. The predicted octanol–water partition coefficient (Wildman–Crippen LogP) is 1.69. The van der Waals surface area contributed by atoms with E-state index in [0.29, 0.717) is 6.54 Å². The zero-order valence-corrected chi connectivity index (χ0v) is 9.25. The van der Waals surface area contributed by atoms with Gasteiger partial charge in [-0.3, -0.25) is 0 Å². The minimum Gasteiger partial charge on any atom is -0.357 e. The summed E-state index contributed by atoms with van der Waals surface area (Å²) in [5, 5.41) is 0. The lowest BCUT2D eigenvalue weighted by atomic mass is 10.2. The van der Waals surface area contributed by atoms with E-state index >= 15 is 0 Å². The van der Waals surface area contributed by atoms with E-state index in [-0.39, 0.29) is 0 Å². The van der Waals surface area contributed by atoms with Crippen LogP contribution in [0.25, 0.3) is 0 Å². The molecule has 1 rings (SSSR count). The lowest BCUT2D eigenvalue weighted by molar-refractivity contribution is 0.837. The Balaban J connectivity index is 2.98. The number of hydrogen-bond acceptors (Lipinski definition) is 3. The molecule has 0 amide bonds. The van der Waals surface area contributed by atoms with E-state index in [1.165, 1.54) is 5.56 Å². The van der Waals surface area contributed by atoms with E-state index in [0.717, 1.165) is 24.5 Å². The molecule has 3 heteroatoms. The molecule has 0 aliphatic carbocycles. The van der Waals surface area contributed by atoms with Gasteiger partial charge in [0.05, 0.1) is 0 Å². The van der Waals surface area contributed by atoms with E-state index in [1.54, 1.807) is 0 Å². The molecule has 0 radical (unpaired) electrons. The van der Waals surface area contributed by atoms with Crippen LogP contribution in [0.15, 0.2) is 12.3 Å². The van der Waals surface area contributed by atoms with Crippen LogP contribution in [0.1, 0.15) is 25.0 Å². The van der Waals surface area contributed by atoms with E-state index < -0.39 is 0 Å². The molecule has 0 spiro atoms. The number of rotatable bonds is 4. The van der Waals surface area contributed by atoms with Gasteiger partial charge in [-0.15, -0.1) is 0 Å². The van der Waals surface area contributed by atoms with E-state index in [1.807, 2.05) is 6.20 Å². The Bertz CT molecular complexity index is 293. The van der Waals surface area contributed by atoms with Crippen molar-refractivity contribution in [1.82, 2.24) is 4.98 Å². The summed E-state index contributed by atoms with van der Waals surface area (Å²) in [4.78, 5) is 6.68. The number of nitrogens with zero attached hydrogens (tertiary/aromatic N) is 2. The summed E-state index contributed by atoms with van der Waals surface area (Å²) in [5.74, 6) is 1.08. The molecule has 0 aromatic carbocycles. The van der Waals surface area contributed by atoms with Crippen molar-refractivity contribution in [1.29, 1.82) is 0 Å². The number of anilines is 1. The third-order valence-corrected chi connectivity index (χ3v) is 2.41. The van der Waals surface area contributed by atoms with Crippen molar-refractivity contribution < 1.29 is 0 Å². The van der Waals surface area contributed by atoms with Crippen LogP contribution >= 0.6 is 0 Å². The molecule has 0 atom stereocenters. The van der Waals surface area contributed by atoms with Gasteiger partial charge in [0.25, 0.3) is 0 Å². The maximum atomic E-state index is 5.56. The summed E-state index contributed by atoms with van der Waals surface area (Å²) in [6.07, 6.45) is 1.86. The molecule has 78 valence electrons. The van der Waals surface area contributed by atoms with E-state index in [9.17, 15) is 0 Å². The van der Waals surface area contributed by atoms with Crippen molar-refractivity contribution in [2.75, 3.05) is 18.0 Å². The summed E-state index contributed by atoms with van der Waals surface area (Å²) in [6, 6.07) is 2.11. The topological polar surface area (TPSA) is 42.2 Å². The fraction of sp³-hybridized carbons (Fsp3) is 0.545. The summed E-state index contributed by atoms with van der Waals surface area (Å²) >= 11 is 0. The zero-order chi connectivity index (χ0) is 10.6. The first-order valence-corrected chi connectivity index (χ1v) is 5.13. The van der Waals surface area contributed by atoms with Crippen LogP contribution in [0, 0.1) is 6.92 Å². The molecular weight excluding hydrogens is 174 g/mol. The van der Waals surface area contributed by atoms with Crippen LogP contribution in [0.4, 0.5) is 5.82 Å². The Morgan fingerprint density at radius 1 is 1.36 bits per heavy atom. The smallest absolute Gasteiger partial charge is 0.131 e. The van der Waals surface area contributed by atoms with Crippen LogP contribution in [0.2, 0.25) is 0 Å². The molecule has 0 bridgehead atoms. The van der Waals surface area contributed by atoms with Gasteiger partial charge in [0.15, 0.2) is 0 Å². The molecule has 3 nitrogen and oxygen atoms in total. The fourth-order valence-corrected chi connectivity index (χ4v) is 1.59. The normalized spacial score (nSPS) is 10.3. The van der Waals surface area contributed by atoms with Gasteiger partial charge in [0.1, 0.15) is 5.82 Å². The quantitative estimate of drug-likeness (QED) is 0.791. The van der Waals surface area contributed by atoms with Crippen LogP contribution < -0.4 is 10.6 Å². The maximum absolute atomic E-state index is 5.56. The molecule has 14 heavy (non-hydrogen) atoms. The molecule has 0 saturated carbocycles. The Kier molecular flexibility index (Phi) is 3.89. The highest BCUT2D eigenvalue weighted by atomic mass is 15.2. The van der Waals surface area contributed by atoms with Crippen molar-refractivity contribution >= 4 is 5.82 Å². The van der Waals surface area contributed by atoms with E-state index in [4.69, 9.17) is 5.73 Å².